The van der Waals surface area contributed by atoms with Gasteiger partial charge < -0.3 is 10.1 Å². The van der Waals surface area contributed by atoms with Crippen LogP contribution in [0.4, 0.5) is 0 Å². The molecule has 2 aliphatic rings. The minimum atomic E-state index is -0.158. The third-order valence-corrected chi connectivity index (χ3v) is 3.50. The van der Waals surface area contributed by atoms with Crippen LogP contribution in [0.2, 0.25) is 0 Å². The fourth-order valence-electron chi connectivity index (χ4n) is 2.33. The van der Waals surface area contributed by atoms with Crippen molar-refractivity contribution in [1.82, 2.24) is 15.1 Å². The highest BCUT2D eigenvalue weighted by molar-refractivity contribution is 5.72. The largest absolute Gasteiger partial charge is 0.469 e. The first kappa shape index (κ1) is 10.8. The summed E-state index contributed by atoms with van der Waals surface area (Å²) in [5, 5.41) is 7.89. The summed E-state index contributed by atoms with van der Waals surface area (Å²) in [4.78, 5) is 11.6. The Morgan fingerprint density at radius 1 is 1.59 bits per heavy atom. The molecule has 1 fully saturated rings. The number of methoxy groups -OCH3 is 1. The fourth-order valence-corrected chi connectivity index (χ4v) is 2.33. The van der Waals surface area contributed by atoms with Crippen LogP contribution >= 0.6 is 0 Å². The molecule has 92 valence electrons. The standard InChI is InChI=1S/C12H17N3O2/c1-17-12(16)9-5-13-6-10-4-11(8-2-3-8)14-15(10)7-9/h4,8-9,13H,2-3,5-7H2,1H3. The lowest BCUT2D eigenvalue weighted by molar-refractivity contribution is -0.145. The fraction of sp³-hybridized carbons (Fsp3) is 0.667. The molecule has 1 aromatic rings. The summed E-state index contributed by atoms with van der Waals surface area (Å²) in [5.74, 6) is 0.369. The molecule has 1 aliphatic heterocycles. The Labute approximate surface area is 100 Å². The number of rotatable bonds is 2. The van der Waals surface area contributed by atoms with Crippen LogP contribution in [0.15, 0.2) is 6.07 Å². The normalized spacial score (nSPS) is 23.9. The average Bonchev–Trinajstić information content (AvgIpc) is 3.13. The van der Waals surface area contributed by atoms with E-state index in [1.807, 2.05) is 4.68 Å². The number of fused-ring (bicyclic) bond motifs is 1. The van der Waals surface area contributed by atoms with Crippen molar-refractivity contribution < 1.29 is 9.53 Å². The van der Waals surface area contributed by atoms with Crippen LogP contribution < -0.4 is 5.32 Å². The number of esters is 1. The zero-order valence-electron chi connectivity index (χ0n) is 9.98. The van der Waals surface area contributed by atoms with Gasteiger partial charge in [0.15, 0.2) is 0 Å². The summed E-state index contributed by atoms with van der Waals surface area (Å²) in [6.07, 6.45) is 2.51. The number of carbonyl (C=O) groups is 1. The quantitative estimate of drug-likeness (QED) is 0.765. The first-order chi connectivity index (χ1) is 8.28. The van der Waals surface area contributed by atoms with Crippen LogP contribution in [0, 0.1) is 5.92 Å². The van der Waals surface area contributed by atoms with Crippen molar-refractivity contribution in [3.05, 3.63) is 17.5 Å². The highest BCUT2D eigenvalue weighted by Gasteiger charge is 2.29. The van der Waals surface area contributed by atoms with Gasteiger partial charge in [-0.15, -0.1) is 0 Å². The molecule has 5 heteroatoms. The SMILES string of the molecule is COC(=O)C1CNCc2cc(C3CC3)nn2C1. The van der Waals surface area contributed by atoms with Crippen molar-refractivity contribution in [2.75, 3.05) is 13.7 Å². The number of hydrogen-bond donors (Lipinski definition) is 1. The summed E-state index contributed by atoms with van der Waals surface area (Å²) >= 11 is 0. The molecule has 5 nitrogen and oxygen atoms in total. The molecule has 3 rings (SSSR count). The second kappa shape index (κ2) is 4.14. The van der Waals surface area contributed by atoms with Gasteiger partial charge in [0, 0.05) is 19.0 Å². The summed E-state index contributed by atoms with van der Waals surface area (Å²) < 4.78 is 6.77. The molecule has 0 amide bonds. The average molecular weight is 235 g/mol. The van der Waals surface area contributed by atoms with E-state index in [0.717, 1.165) is 6.54 Å². The van der Waals surface area contributed by atoms with E-state index in [9.17, 15) is 4.79 Å². The van der Waals surface area contributed by atoms with E-state index < -0.39 is 0 Å². The van der Waals surface area contributed by atoms with E-state index in [-0.39, 0.29) is 11.9 Å². The van der Waals surface area contributed by atoms with Crippen LogP contribution in [0.5, 0.6) is 0 Å². The summed E-state index contributed by atoms with van der Waals surface area (Å²) in [7, 11) is 1.44. The molecule has 0 saturated heterocycles. The molecule has 1 aliphatic carbocycles. The zero-order chi connectivity index (χ0) is 11.8. The highest BCUT2D eigenvalue weighted by atomic mass is 16.5. The van der Waals surface area contributed by atoms with Crippen molar-refractivity contribution >= 4 is 5.97 Å². The molecule has 1 unspecified atom stereocenters. The highest BCUT2D eigenvalue weighted by Crippen LogP contribution is 2.39. The van der Waals surface area contributed by atoms with Crippen molar-refractivity contribution in [3.63, 3.8) is 0 Å². The Bertz CT molecular complexity index is 437. The predicted octanol–water partition coefficient (Wildman–Crippen LogP) is 0.653. The van der Waals surface area contributed by atoms with E-state index in [2.05, 4.69) is 16.5 Å². The van der Waals surface area contributed by atoms with E-state index in [1.165, 1.54) is 31.3 Å². The van der Waals surface area contributed by atoms with Gasteiger partial charge in [-0.2, -0.15) is 5.10 Å². The Morgan fingerprint density at radius 3 is 3.12 bits per heavy atom. The van der Waals surface area contributed by atoms with Gasteiger partial charge in [-0.05, 0) is 18.9 Å². The van der Waals surface area contributed by atoms with Crippen LogP contribution in [-0.4, -0.2) is 29.4 Å². The van der Waals surface area contributed by atoms with Crippen molar-refractivity contribution in [3.8, 4) is 0 Å². The van der Waals surface area contributed by atoms with Gasteiger partial charge in [-0.1, -0.05) is 0 Å². The van der Waals surface area contributed by atoms with Crippen molar-refractivity contribution in [2.24, 2.45) is 5.92 Å². The number of nitrogens with one attached hydrogen (secondary N) is 1. The maximum atomic E-state index is 11.6. The first-order valence-electron chi connectivity index (χ1n) is 6.13. The molecule has 0 radical (unpaired) electrons. The lowest BCUT2D eigenvalue weighted by Gasteiger charge is -2.11. The predicted molar refractivity (Wildman–Crippen MR) is 61.4 cm³/mol. The van der Waals surface area contributed by atoms with Crippen LogP contribution in [-0.2, 0) is 22.6 Å². The molecular formula is C12H17N3O2. The van der Waals surface area contributed by atoms with Gasteiger partial charge in [0.25, 0.3) is 0 Å². The number of ether oxygens (including phenoxy) is 1. The molecule has 1 N–H and O–H groups in total. The topological polar surface area (TPSA) is 56.1 Å². The van der Waals surface area contributed by atoms with E-state index in [0.29, 0.717) is 19.0 Å². The summed E-state index contributed by atoms with van der Waals surface area (Å²) in [5.41, 5.74) is 2.37. The van der Waals surface area contributed by atoms with Gasteiger partial charge >= 0.3 is 5.97 Å². The number of aromatic nitrogens is 2. The first-order valence-corrected chi connectivity index (χ1v) is 6.13. The molecule has 1 atom stereocenters. The molecule has 17 heavy (non-hydrogen) atoms. The second-order valence-corrected chi connectivity index (χ2v) is 4.87. The van der Waals surface area contributed by atoms with Crippen LogP contribution in [0.1, 0.15) is 30.1 Å². The summed E-state index contributed by atoms with van der Waals surface area (Å²) in [6, 6.07) is 2.17. The van der Waals surface area contributed by atoms with E-state index in [4.69, 9.17) is 4.74 Å². The summed E-state index contributed by atoms with van der Waals surface area (Å²) in [6.45, 7) is 2.07. The molecular weight excluding hydrogens is 218 g/mol. The maximum Gasteiger partial charge on any atom is 0.311 e. The molecule has 1 aromatic heterocycles. The third-order valence-electron chi connectivity index (χ3n) is 3.50. The van der Waals surface area contributed by atoms with E-state index in [1.54, 1.807) is 0 Å². The van der Waals surface area contributed by atoms with Gasteiger partial charge in [0.2, 0.25) is 0 Å². The van der Waals surface area contributed by atoms with Crippen LogP contribution in [0.25, 0.3) is 0 Å². The van der Waals surface area contributed by atoms with Crippen molar-refractivity contribution in [2.45, 2.75) is 31.8 Å². The zero-order valence-corrected chi connectivity index (χ0v) is 9.98. The minimum Gasteiger partial charge on any atom is -0.469 e. The van der Waals surface area contributed by atoms with Gasteiger partial charge in [-0.25, -0.2) is 0 Å². The number of carbonyl (C=O) groups excluding carboxylic acids is 1. The van der Waals surface area contributed by atoms with Gasteiger partial charge in [-0.3, -0.25) is 9.48 Å². The van der Waals surface area contributed by atoms with Gasteiger partial charge in [0.1, 0.15) is 0 Å². The Balaban J connectivity index is 1.82. The van der Waals surface area contributed by atoms with Crippen LogP contribution in [0.3, 0.4) is 0 Å². The monoisotopic (exact) mass is 235 g/mol. The molecule has 2 heterocycles. The second-order valence-electron chi connectivity index (χ2n) is 4.87. The number of hydrogen-bond acceptors (Lipinski definition) is 4. The third kappa shape index (κ3) is 2.07. The Kier molecular flexibility index (Phi) is 2.63. The van der Waals surface area contributed by atoms with Gasteiger partial charge in [0.05, 0.1) is 31.0 Å². The maximum absolute atomic E-state index is 11.6. The Hall–Kier alpha value is -1.36. The lowest BCUT2D eigenvalue weighted by Crippen LogP contribution is -2.29. The molecule has 1 saturated carbocycles. The van der Waals surface area contributed by atoms with E-state index >= 15 is 0 Å². The van der Waals surface area contributed by atoms with Crippen molar-refractivity contribution in [1.29, 1.82) is 0 Å². The molecule has 0 spiro atoms. The Morgan fingerprint density at radius 2 is 2.41 bits per heavy atom. The lowest BCUT2D eigenvalue weighted by atomic mass is 10.1. The smallest absolute Gasteiger partial charge is 0.311 e. The number of nitrogens with zero attached hydrogens (tertiary/aromatic N) is 2. The molecule has 0 bridgehead atoms. The molecule has 0 aromatic carbocycles. The minimum absolute atomic E-state index is 0.131.